The molecule has 1 aromatic heterocycles. The third kappa shape index (κ3) is 1.29. The van der Waals surface area contributed by atoms with Crippen LogP contribution >= 0.6 is 0 Å². The highest BCUT2D eigenvalue weighted by Gasteiger charge is 2.24. The van der Waals surface area contributed by atoms with Crippen LogP contribution in [0.2, 0.25) is 0 Å². The number of aromatic nitrogens is 2. The topological polar surface area (TPSA) is 64.2 Å². The summed E-state index contributed by atoms with van der Waals surface area (Å²) in [7, 11) is 3.89. The molecule has 1 aromatic rings. The molecule has 0 saturated heterocycles. The first-order valence-electron chi connectivity index (χ1n) is 4.62. The van der Waals surface area contributed by atoms with Crippen molar-refractivity contribution in [1.82, 2.24) is 14.7 Å². The zero-order valence-electron chi connectivity index (χ0n) is 8.45. The first-order chi connectivity index (χ1) is 6.59. The lowest BCUT2D eigenvalue weighted by Crippen LogP contribution is -2.28. The predicted molar refractivity (Wildman–Crippen MR) is 51.8 cm³/mol. The summed E-state index contributed by atoms with van der Waals surface area (Å²) in [4.78, 5) is 13.3. The van der Waals surface area contributed by atoms with E-state index in [0.717, 1.165) is 30.8 Å². The highest BCUT2D eigenvalue weighted by molar-refractivity contribution is 5.92. The molecule has 0 aromatic carbocycles. The van der Waals surface area contributed by atoms with Gasteiger partial charge in [0.15, 0.2) is 5.69 Å². The molecule has 0 aliphatic carbocycles. The van der Waals surface area contributed by atoms with E-state index in [1.165, 1.54) is 0 Å². The molecular formula is C9H14N4O. The maximum absolute atomic E-state index is 11.1. The first-order valence-corrected chi connectivity index (χ1v) is 4.62. The second-order valence-corrected chi connectivity index (χ2v) is 3.75. The monoisotopic (exact) mass is 194 g/mol. The Labute approximate surface area is 82.5 Å². The van der Waals surface area contributed by atoms with Crippen molar-refractivity contribution in [1.29, 1.82) is 0 Å². The molecule has 0 atom stereocenters. The fourth-order valence-electron chi connectivity index (χ4n) is 1.93. The zero-order chi connectivity index (χ0) is 10.3. The predicted octanol–water partition coefficient (Wildman–Crippen LogP) is -0.493. The van der Waals surface area contributed by atoms with E-state index in [2.05, 4.69) is 10.00 Å². The summed E-state index contributed by atoms with van der Waals surface area (Å²) < 4.78 is 1.77. The van der Waals surface area contributed by atoms with E-state index in [9.17, 15) is 4.79 Å². The van der Waals surface area contributed by atoms with Gasteiger partial charge in [0.05, 0.1) is 0 Å². The van der Waals surface area contributed by atoms with Gasteiger partial charge in [-0.1, -0.05) is 0 Å². The number of nitrogens with zero attached hydrogens (tertiary/aromatic N) is 3. The Morgan fingerprint density at radius 2 is 2.21 bits per heavy atom. The summed E-state index contributed by atoms with van der Waals surface area (Å²) >= 11 is 0. The first kappa shape index (κ1) is 9.21. The lowest BCUT2D eigenvalue weighted by molar-refractivity contribution is 0.0993. The van der Waals surface area contributed by atoms with Crippen LogP contribution in [-0.4, -0.2) is 34.2 Å². The van der Waals surface area contributed by atoms with Crippen LogP contribution in [0.15, 0.2) is 0 Å². The molecular weight excluding hydrogens is 180 g/mol. The standard InChI is InChI=1S/C9H14N4O/c1-12-4-3-7-6(5-12)8(9(10)14)11-13(7)2/h3-5H2,1-2H3,(H2,10,14). The molecule has 0 bridgehead atoms. The second-order valence-electron chi connectivity index (χ2n) is 3.75. The molecule has 1 amide bonds. The van der Waals surface area contributed by atoms with Gasteiger partial charge in [-0.3, -0.25) is 9.48 Å². The molecule has 2 heterocycles. The Kier molecular flexibility index (Phi) is 2.03. The van der Waals surface area contributed by atoms with E-state index in [0.29, 0.717) is 5.69 Å². The normalized spacial score (nSPS) is 16.7. The van der Waals surface area contributed by atoms with Crippen molar-refractivity contribution < 1.29 is 4.79 Å². The van der Waals surface area contributed by atoms with Crippen molar-refractivity contribution in [2.75, 3.05) is 13.6 Å². The van der Waals surface area contributed by atoms with Crippen LogP contribution in [0.1, 0.15) is 21.7 Å². The van der Waals surface area contributed by atoms with Crippen LogP contribution in [0.5, 0.6) is 0 Å². The smallest absolute Gasteiger partial charge is 0.269 e. The molecule has 1 aliphatic rings. The Morgan fingerprint density at radius 1 is 1.50 bits per heavy atom. The van der Waals surface area contributed by atoms with Crippen molar-refractivity contribution >= 4 is 5.91 Å². The molecule has 1 aliphatic heterocycles. The van der Waals surface area contributed by atoms with Gasteiger partial charge in [-0.2, -0.15) is 5.10 Å². The lowest BCUT2D eigenvalue weighted by Gasteiger charge is -2.22. The van der Waals surface area contributed by atoms with Crippen LogP contribution in [-0.2, 0) is 20.0 Å². The van der Waals surface area contributed by atoms with Gasteiger partial charge in [0, 0.05) is 37.8 Å². The van der Waals surface area contributed by atoms with Crippen molar-refractivity contribution in [3.63, 3.8) is 0 Å². The number of carbonyl (C=O) groups excluding carboxylic acids is 1. The largest absolute Gasteiger partial charge is 0.364 e. The summed E-state index contributed by atoms with van der Waals surface area (Å²) in [6, 6.07) is 0. The van der Waals surface area contributed by atoms with Crippen LogP contribution in [0.25, 0.3) is 0 Å². The molecule has 76 valence electrons. The third-order valence-electron chi connectivity index (χ3n) is 2.67. The Balaban J connectivity index is 2.50. The SMILES string of the molecule is CN1CCc2c(c(C(N)=O)nn2C)C1. The average Bonchev–Trinajstić information content (AvgIpc) is 2.43. The van der Waals surface area contributed by atoms with E-state index in [1.54, 1.807) is 4.68 Å². The van der Waals surface area contributed by atoms with Crippen molar-refractivity contribution in [2.24, 2.45) is 12.8 Å². The molecule has 0 radical (unpaired) electrons. The number of hydrogen-bond donors (Lipinski definition) is 1. The maximum atomic E-state index is 11.1. The Morgan fingerprint density at radius 3 is 2.86 bits per heavy atom. The molecule has 0 spiro atoms. The number of hydrogen-bond acceptors (Lipinski definition) is 3. The quantitative estimate of drug-likeness (QED) is 0.656. The summed E-state index contributed by atoms with van der Waals surface area (Å²) in [6.07, 6.45) is 0.933. The molecule has 2 rings (SSSR count). The van der Waals surface area contributed by atoms with Gasteiger partial charge in [-0.15, -0.1) is 0 Å². The average molecular weight is 194 g/mol. The van der Waals surface area contributed by atoms with Gasteiger partial charge in [0.2, 0.25) is 0 Å². The highest BCUT2D eigenvalue weighted by Crippen LogP contribution is 2.20. The van der Waals surface area contributed by atoms with E-state index in [1.807, 2.05) is 14.1 Å². The number of primary amides is 1. The highest BCUT2D eigenvalue weighted by atomic mass is 16.1. The van der Waals surface area contributed by atoms with Gasteiger partial charge in [0.1, 0.15) is 0 Å². The number of rotatable bonds is 1. The van der Waals surface area contributed by atoms with Gasteiger partial charge in [-0.25, -0.2) is 0 Å². The minimum Gasteiger partial charge on any atom is -0.364 e. The maximum Gasteiger partial charge on any atom is 0.269 e. The molecule has 0 saturated carbocycles. The molecule has 5 nitrogen and oxygen atoms in total. The van der Waals surface area contributed by atoms with Gasteiger partial charge in [-0.05, 0) is 7.05 Å². The van der Waals surface area contributed by atoms with Crippen LogP contribution < -0.4 is 5.73 Å². The molecule has 5 heteroatoms. The number of aryl methyl sites for hydroxylation is 1. The van der Waals surface area contributed by atoms with E-state index < -0.39 is 5.91 Å². The minimum atomic E-state index is -0.433. The summed E-state index contributed by atoms with van der Waals surface area (Å²) in [6.45, 7) is 1.77. The Bertz CT molecular complexity index is 382. The fraction of sp³-hybridized carbons (Fsp3) is 0.556. The summed E-state index contributed by atoms with van der Waals surface area (Å²) in [5, 5.41) is 4.14. The lowest BCUT2D eigenvalue weighted by atomic mass is 10.1. The van der Waals surface area contributed by atoms with Crippen molar-refractivity contribution in [3.05, 3.63) is 17.0 Å². The Hall–Kier alpha value is -1.36. The fourth-order valence-corrected chi connectivity index (χ4v) is 1.93. The number of amides is 1. The number of carbonyl (C=O) groups is 1. The minimum absolute atomic E-state index is 0.425. The third-order valence-corrected chi connectivity index (χ3v) is 2.67. The van der Waals surface area contributed by atoms with Gasteiger partial charge < -0.3 is 10.6 Å². The molecule has 2 N–H and O–H groups in total. The van der Waals surface area contributed by atoms with E-state index in [4.69, 9.17) is 5.73 Å². The summed E-state index contributed by atoms with van der Waals surface area (Å²) in [5.74, 6) is -0.433. The number of nitrogens with two attached hydrogens (primary N) is 1. The molecule has 0 fully saturated rings. The van der Waals surface area contributed by atoms with E-state index in [-0.39, 0.29) is 0 Å². The zero-order valence-corrected chi connectivity index (χ0v) is 8.45. The van der Waals surface area contributed by atoms with Crippen LogP contribution in [0.3, 0.4) is 0 Å². The molecule has 14 heavy (non-hydrogen) atoms. The van der Waals surface area contributed by atoms with Gasteiger partial charge >= 0.3 is 0 Å². The van der Waals surface area contributed by atoms with Crippen LogP contribution in [0.4, 0.5) is 0 Å². The van der Waals surface area contributed by atoms with Gasteiger partial charge in [0.25, 0.3) is 5.91 Å². The summed E-state index contributed by atoms with van der Waals surface area (Å²) in [5.41, 5.74) is 7.82. The second kappa shape index (κ2) is 3.09. The van der Waals surface area contributed by atoms with Crippen molar-refractivity contribution in [3.8, 4) is 0 Å². The molecule has 0 unspecified atom stereocenters. The number of likely N-dealkylation sites (N-methyl/N-ethyl adjacent to an activating group) is 1. The van der Waals surface area contributed by atoms with E-state index >= 15 is 0 Å². The number of fused-ring (bicyclic) bond motifs is 1. The van der Waals surface area contributed by atoms with Crippen LogP contribution in [0, 0.1) is 0 Å². The van der Waals surface area contributed by atoms with Crippen molar-refractivity contribution in [2.45, 2.75) is 13.0 Å².